The third-order valence-electron chi connectivity index (χ3n) is 4.04. The number of carbonyl (C=O) groups is 1. The summed E-state index contributed by atoms with van der Waals surface area (Å²) in [5, 5.41) is 3.46. The third kappa shape index (κ3) is 2.46. The average molecular weight is 265 g/mol. The molecule has 3 rings (SSSR count). The lowest BCUT2D eigenvalue weighted by molar-refractivity contribution is 0.0988. The molecule has 2 nitrogen and oxygen atoms in total. The summed E-state index contributed by atoms with van der Waals surface area (Å²) in [6.07, 6.45) is 1.72. The lowest BCUT2D eigenvalue weighted by atomic mass is 9.77. The highest BCUT2D eigenvalue weighted by Gasteiger charge is 2.24. The Balaban J connectivity index is 1.59. The second-order valence-corrected chi connectivity index (χ2v) is 5.33. The van der Waals surface area contributed by atoms with E-state index in [0.717, 1.165) is 24.2 Å². The Morgan fingerprint density at radius 1 is 1.15 bits per heavy atom. The van der Waals surface area contributed by atoms with E-state index in [-0.39, 0.29) is 5.78 Å². The summed E-state index contributed by atoms with van der Waals surface area (Å²) in [5.74, 6) is 0.813. The van der Waals surface area contributed by atoms with Crippen LogP contribution in [0.25, 0.3) is 0 Å². The zero-order chi connectivity index (χ0) is 13.9. The highest BCUT2D eigenvalue weighted by atomic mass is 16.1. The Hall–Kier alpha value is -2.09. The second kappa shape index (κ2) is 5.49. The van der Waals surface area contributed by atoms with Crippen LogP contribution in [0.2, 0.25) is 0 Å². The van der Waals surface area contributed by atoms with Crippen molar-refractivity contribution in [1.82, 2.24) is 0 Å². The average Bonchev–Trinajstić information content (AvgIpc) is 2.48. The molecule has 0 heterocycles. The van der Waals surface area contributed by atoms with Crippen LogP contribution in [-0.2, 0) is 6.42 Å². The van der Waals surface area contributed by atoms with E-state index in [9.17, 15) is 4.79 Å². The third-order valence-corrected chi connectivity index (χ3v) is 4.04. The van der Waals surface area contributed by atoms with Crippen molar-refractivity contribution in [3.63, 3.8) is 0 Å². The van der Waals surface area contributed by atoms with Gasteiger partial charge in [-0.15, -0.1) is 0 Å². The van der Waals surface area contributed by atoms with Crippen LogP contribution < -0.4 is 5.32 Å². The van der Waals surface area contributed by atoms with Gasteiger partial charge in [-0.25, -0.2) is 0 Å². The SMILES string of the molecule is CCC(=O)c1ccc(NCC2Cc3ccccc32)cc1. The first kappa shape index (κ1) is 12.9. The molecule has 102 valence electrons. The van der Waals surface area contributed by atoms with Crippen LogP contribution in [0.1, 0.15) is 40.7 Å². The van der Waals surface area contributed by atoms with Crippen molar-refractivity contribution < 1.29 is 4.79 Å². The minimum Gasteiger partial charge on any atom is -0.384 e. The molecule has 1 aliphatic carbocycles. The molecule has 0 spiro atoms. The fourth-order valence-electron chi connectivity index (χ4n) is 2.76. The van der Waals surface area contributed by atoms with Crippen molar-refractivity contribution in [2.24, 2.45) is 0 Å². The van der Waals surface area contributed by atoms with Gasteiger partial charge in [0.05, 0.1) is 0 Å². The summed E-state index contributed by atoms with van der Waals surface area (Å²) in [5.41, 5.74) is 4.83. The molecule has 1 aliphatic rings. The Kier molecular flexibility index (Phi) is 3.55. The summed E-state index contributed by atoms with van der Waals surface area (Å²) in [6, 6.07) is 16.4. The Morgan fingerprint density at radius 2 is 1.90 bits per heavy atom. The maximum absolute atomic E-state index is 11.6. The molecule has 0 fully saturated rings. The fourth-order valence-corrected chi connectivity index (χ4v) is 2.76. The zero-order valence-electron chi connectivity index (χ0n) is 11.7. The lowest BCUT2D eigenvalue weighted by Crippen LogP contribution is -2.24. The van der Waals surface area contributed by atoms with E-state index in [1.807, 2.05) is 31.2 Å². The predicted molar refractivity (Wildman–Crippen MR) is 82.4 cm³/mol. The van der Waals surface area contributed by atoms with Gasteiger partial charge in [0.15, 0.2) is 5.78 Å². The Labute approximate surface area is 119 Å². The molecule has 0 aliphatic heterocycles. The quantitative estimate of drug-likeness (QED) is 0.827. The van der Waals surface area contributed by atoms with Gasteiger partial charge in [0.1, 0.15) is 0 Å². The van der Waals surface area contributed by atoms with E-state index in [2.05, 4.69) is 29.6 Å². The molecule has 0 aromatic heterocycles. The molecule has 2 heteroatoms. The molecule has 0 amide bonds. The van der Waals surface area contributed by atoms with Crippen LogP contribution in [0, 0.1) is 0 Å². The van der Waals surface area contributed by atoms with Crippen LogP contribution >= 0.6 is 0 Å². The van der Waals surface area contributed by atoms with Gasteiger partial charge in [0.2, 0.25) is 0 Å². The van der Waals surface area contributed by atoms with Gasteiger partial charge < -0.3 is 5.32 Å². The van der Waals surface area contributed by atoms with Crippen LogP contribution in [0.15, 0.2) is 48.5 Å². The molecule has 1 unspecified atom stereocenters. The fraction of sp³-hybridized carbons (Fsp3) is 0.278. The highest BCUT2D eigenvalue weighted by molar-refractivity contribution is 5.96. The van der Waals surface area contributed by atoms with Crippen LogP contribution in [-0.4, -0.2) is 12.3 Å². The van der Waals surface area contributed by atoms with Crippen molar-refractivity contribution in [1.29, 1.82) is 0 Å². The molecular formula is C18H19NO. The Morgan fingerprint density at radius 3 is 2.60 bits per heavy atom. The van der Waals surface area contributed by atoms with Gasteiger partial charge in [-0.2, -0.15) is 0 Å². The minimum atomic E-state index is 0.199. The number of ketones is 1. The molecule has 2 aromatic carbocycles. The van der Waals surface area contributed by atoms with Crippen molar-refractivity contribution >= 4 is 11.5 Å². The number of rotatable bonds is 5. The Bertz CT molecular complexity index is 616. The summed E-state index contributed by atoms with van der Waals surface area (Å²) in [4.78, 5) is 11.6. The number of Topliss-reactive ketones (excluding diaryl/α,β-unsaturated/α-hetero) is 1. The topological polar surface area (TPSA) is 29.1 Å². The first-order chi connectivity index (χ1) is 9.78. The van der Waals surface area contributed by atoms with Crippen molar-refractivity contribution in [2.45, 2.75) is 25.7 Å². The van der Waals surface area contributed by atoms with Crippen molar-refractivity contribution in [3.05, 3.63) is 65.2 Å². The van der Waals surface area contributed by atoms with Crippen molar-refractivity contribution in [2.75, 3.05) is 11.9 Å². The standard InChI is InChI=1S/C18H19NO/c1-2-18(20)13-7-9-16(10-8-13)19-12-15-11-14-5-3-4-6-17(14)15/h3-10,15,19H,2,11-12H2,1H3. The van der Waals surface area contributed by atoms with E-state index in [1.54, 1.807) is 0 Å². The van der Waals surface area contributed by atoms with E-state index in [4.69, 9.17) is 0 Å². The number of carbonyl (C=O) groups excluding carboxylic acids is 1. The molecule has 0 saturated carbocycles. The number of anilines is 1. The monoisotopic (exact) mass is 265 g/mol. The normalized spacial score (nSPS) is 16.1. The molecule has 1 N–H and O–H groups in total. The van der Waals surface area contributed by atoms with Gasteiger partial charge in [0.25, 0.3) is 0 Å². The van der Waals surface area contributed by atoms with Gasteiger partial charge in [-0.1, -0.05) is 31.2 Å². The maximum atomic E-state index is 11.6. The van der Waals surface area contributed by atoms with E-state index in [1.165, 1.54) is 11.1 Å². The van der Waals surface area contributed by atoms with E-state index >= 15 is 0 Å². The number of hydrogen-bond acceptors (Lipinski definition) is 2. The molecule has 20 heavy (non-hydrogen) atoms. The molecule has 1 atom stereocenters. The molecule has 0 radical (unpaired) electrons. The van der Waals surface area contributed by atoms with Gasteiger partial charge in [0, 0.05) is 30.1 Å². The van der Waals surface area contributed by atoms with Gasteiger partial charge >= 0.3 is 0 Å². The largest absolute Gasteiger partial charge is 0.384 e. The molecule has 2 aromatic rings. The van der Waals surface area contributed by atoms with Gasteiger partial charge in [-0.05, 0) is 41.8 Å². The van der Waals surface area contributed by atoms with Gasteiger partial charge in [-0.3, -0.25) is 4.79 Å². The highest BCUT2D eigenvalue weighted by Crippen LogP contribution is 2.34. The first-order valence-electron chi connectivity index (χ1n) is 7.23. The van der Waals surface area contributed by atoms with Crippen LogP contribution in [0.3, 0.4) is 0 Å². The maximum Gasteiger partial charge on any atom is 0.162 e. The number of nitrogens with one attached hydrogen (secondary N) is 1. The molecule has 0 saturated heterocycles. The van der Waals surface area contributed by atoms with Crippen molar-refractivity contribution in [3.8, 4) is 0 Å². The number of benzene rings is 2. The number of fused-ring (bicyclic) bond motifs is 1. The minimum absolute atomic E-state index is 0.199. The molecular weight excluding hydrogens is 246 g/mol. The summed E-state index contributed by atoms with van der Waals surface area (Å²) in [7, 11) is 0. The first-order valence-corrected chi connectivity index (χ1v) is 7.23. The zero-order valence-corrected chi connectivity index (χ0v) is 11.7. The number of hydrogen-bond donors (Lipinski definition) is 1. The summed E-state index contributed by atoms with van der Waals surface area (Å²) < 4.78 is 0. The lowest BCUT2D eigenvalue weighted by Gasteiger charge is -2.30. The summed E-state index contributed by atoms with van der Waals surface area (Å²) in [6.45, 7) is 2.85. The summed E-state index contributed by atoms with van der Waals surface area (Å²) >= 11 is 0. The smallest absolute Gasteiger partial charge is 0.162 e. The van der Waals surface area contributed by atoms with Crippen LogP contribution in [0.4, 0.5) is 5.69 Å². The molecule has 0 bridgehead atoms. The predicted octanol–water partition coefficient (Wildman–Crippen LogP) is 4.03. The van der Waals surface area contributed by atoms with E-state index < -0.39 is 0 Å². The van der Waals surface area contributed by atoms with E-state index in [0.29, 0.717) is 12.3 Å². The van der Waals surface area contributed by atoms with Crippen LogP contribution in [0.5, 0.6) is 0 Å². The second-order valence-electron chi connectivity index (χ2n) is 5.33.